The van der Waals surface area contributed by atoms with Crippen LogP contribution in [0.25, 0.3) is 17.1 Å². The molecule has 162 valence electrons. The molecule has 0 spiro atoms. The zero-order valence-electron chi connectivity index (χ0n) is 17.9. The molecule has 3 aromatic heterocycles. The number of aromatic carboxylic acids is 1. The quantitative estimate of drug-likeness (QED) is 0.451. The maximum Gasteiger partial charge on any atom is 0.355 e. The average molecular weight is 430 g/mol. The SMILES string of the molecule is CCc1c(C(=O)O)nc(Nc2ccc(-n3cnc(C)c3)c(OC)c2)nc1-c1ccccn1. The van der Waals surface area contributed by atoms with Gasteiger partial charge in [0.2, 0.25) is 5.95 Å². The highest BCUT2D eigenvalue weighted by Crippen LogP contribution is 2.30. The number of carbonyl (C=O) groups is 1. The fourth-order valence-corrected chi connectivity index (χ4v) is 3.42. The summed E-state index contributed by atoms with van der Waals surface area (Å²) in [5.74, 6) is -0.345. The Bertz CT molecular complexity index is 1270. The molecule has 3 heterocycles. The Labute approximate surface area is 184 Å². The molecule has 9 heteroatoms. The van der Waals surface area contributed by atoms with Gasteiger partial charge in [-0.1, -0.05) is 13.0 Å². The van der Waals surface area contributed by atoms with Crippen LogP contribution in [-0.2, 0) is 6.42 Å². The molecule has 0 aliphatic rings. The first-order valence-electron chi connectivity index (χ1n) is 10.0. The summed E-state index contributed by atoms with van der Waals surface area (Å²) in [4.78, 5) is 29.3. The number of hydrogen-bond donors (Lipinski definition) is 2. The van der Waals surface area contributed by atoms with E-state index in [4.69, 9.17) is 4.74 Å². The topological polar surface area (TPSA) is 115 Å². The number of methoxy groups -OCH3 is 1. The van der Waals surface area contributed by atoms with E-state index in [9.17, 15) is 9.90 Å². The summed E-state index contributed by atoms with van der Waals surface area (Å²) in [6.07, 6.45) is 5.72. The van der Waals surface area contributed by atoms with Crippen LogP contribution in [0.3, 0.4) is 0 Å². The van der Waals surface area contributed by atoms with Crippen molar-refractivity contribution in [1.29, 1.82) is 0 Å². The van der Waals surface area contributed by atoms with E-state index in [2.05, 4.69) is 25.3 Å². The lowest BCUT2D eigenvalue weighted by Crippen LogP contribution is -2.12. The minimum Gasteiger partial charge on any atom is -0.494 e. The van der Waals surface area contributed by atoms with Crippen molar-refractivity contribution in [2.24, 2.45) is 0 Å². The summed E-state index contributed by atoms with van der Waals surface area (Å²) < 4.78 is 7.41. The van der Waals surface area contributed by atoms with Gasteiger partial charge >= 0.3 is 5.97 Å². The van der Waals surface area contributed by atoms with Gasteiger partial charge in [0.1, 0.15) is 5.75 Å². The van der Waals surface area contributed by atoms with E-state index in [0.29, 0.717) is 34.8 Å². The Hall–Kier alpha value is -4.27. The largest absolute Gasteiger partial charge is 0.494 e. The second-order valence-corrected chi connectivity index (χ2v) is 7.03. The molecule has 0 bridgehead atoms. The summed E-state index contributed by atoms with van der Waals surface area (Å²) in [6, 6.07) is 10.9. The molecule has 0 amide bonds. The lowest BCUT2D eigenvalue weighted by molar-refractivity contribution is 0.0689. The number of aryl methyl sites for hydroxylation is 1. The van der Waals surface area contributed by atoms with Crippen LogP contribution >= 0.6 is 0 Å². The maximum atomic E-state index is 11.9. The second kappa shape index (κ2) is 8.84. The Balaban J connectivity index is 1.76. The highest BCUT2D eigenvalue weighted by atomic mass is 16.5. The summed E-state index contributed by atoms with van der Waals surface area (Å²) in [5.41, 5.74) is 3.91. The number of nitrogens with one attached hydrogen (secondary N) is 1. The number of carboxylic acids is 1. The van der Waals surface area contributed by atoms with Crippen LogP contribution < -0.4 is 10.1 Å². The third-order valence-electron chi connectivity index (χ3n) is 4.90. The number of hydrogen-bond acceptors (Lipinski definition) is 7. The van der Waals surface area contributed by atoms with Crippen LogP contribution in [0.15, 0.2) is 55.1 Å². The predicted octanol–water partition coefficient (Wildman–Crippen LogP) is 4.05. The van der Waals surface area contributed by atoms with Gasteiger partial charge in [-0.25, -0.2) is 19.7 Å². The second-order valence-electron chi connectivity index (χ2n) is 7.03. The highest BCUT2D eigenvalue weighted by Gasteiger charge is 2.20. The number of pyridine rings is 1. The van der Waals surface area contributed by atoms with Crippen LogP contribution in [0.1, 0.15) is 28.7 Å². The summed E-state index contributed by atoms with van der Waals surface area (Å²) in [6.45, 7) is 3.78. The van der Waals surface area contributed by atoms with Gasteiger partial charge < -0.3 is 19.7 Å². The molecule has 0 atom stereocenters. The van der Waals surface area contributed by atoms with Gasteiger partial charge in [-0.3, -0.25) is 4.98 Å². The first kappa shape index (κ1) is 21.0. The van der Waals surface area contributed by atoms with Gasteiger partial charge in [0, 0.05) is 29.7 Å². The monoisotopic (exact) mass is 430 g/mol. The number of carboxylic acid groups (broad SMARTS) is 1. The summed E-state index contributed by atoms with van der Waals surface area (Å²) in [7, 11) is 1.58. The summed E-state index contributed by atoms with van der Waals surface area (Å²) >= 11 is 0. The van der Waals surface area contributed by atoms with E-state index < -0.39 is 5.97 Å². The molecular formula is C23H22N6O3. The Morgan fingerprint density at radius 2 is 2.03 bits per heavy atom. The third kappa shape index (κ3) is 4.13. The van der Waals surface area contributed by atoms with E-state index in [0.717, 1.165) is 11.4 Å². The summed E-state index contributed by atoms with van der Waals surface area (Å²) in [5, 5.41) is 12.8. The maximum absolute atomic E-state index is 11.9. The van der Waals surface area contributed by atoms with Crippen LogP contribution in [0.5, 0.6) is 5.75 Å². The van der Waals surface area contributed by atoms with Crippen molar-refractivity contribution in [3.05, 3.63) is 72.1 Å². The van der Waals surface area contributed by atoms with E-state index in [1.807, 2.05) is 42.8 Å². The van der Waals surface area contributed by atoms with Crippen molar-refractivity contribution in [3.63, 3.8) is 0 Å². The third-order valence-corrected chi connectivity index (χ3v) is 4.90. The Kier molecular flexibility index (Phi) is 5.80. The molecule has 0 unspecified atom stereocenters. The number of benzene rings is 1. The van der Waals surface area contributed by atoms with Crippen molar-refractivity contribution in [3.8, 4) is 22.8 Å². The molecular weight excluding hydrogens is 408 g/mol. The lowest BCUT2D eigenvalue weighted by atomic mass is 10.1. The van der Waals surface area contributed by atoms with E-state index >= 15 is 0 Å². The smallest absolute Gasteiger partial charge is 0.355 e. The fraction of sp³-hybridized carbons (Fsp3) is 0.174. The predicted molar refractivity (Wildman–Crippen MR) is 120 cm³/mol. The molecule has 4 rings (SSSR count). The Morgan fingerprint density at radius 3 is 2.66 bits per heavy atom. The van der Waals surface area contributed by atoms with Crippen LogP contribution in [0.4, 0.5) is 11.6 Å². The Morgan fingerprint density at radius 1 is 1.19 bits per heavy atom. The molecule has 1 aromatic carbocycles. The molecule has 9 nitrogen and oxygen atoms in total. The van der Waals surface area contributed by atoms with Crippen molar-refractivity contribution < 1.29 is 14.6 Å². The molecule has 0 fully saturated rings. The molecule has 0 saturated heterocycles. The molecule has 32 heavy (non-hydrogen) atoms. The zero-order valence-corrected chi connectivity index (χ0v) is 17.9. The van der Waals surface area contributed by atoms with Gasteiger partial charge in [0.25, 0.3) is 0 Å². The highest BCUT2D eigenvalue weighted by molar-refractivity contribution is 5.89. The van der Waals surface area contributed by atoms with Gasteiger partial charge in [-0.05, 0) is 37.6 Å². The van der Waals surface area contributed by atoms with Crippen molar-refractivity contribution in [2.45, 2.75) is 20.3 Å². The van der Waals surface area contributed by atoms with E-state index in [1.165, 1.54) is 0 Å². The minimum absolute atomic E-state index is 0.0527. The molecule has 0 radical (unpaired) electrons. The van der Waals surface area contributed by atoms with Crippen molar-refractivity contribution in [1.82, 2.24) is 24.5 Å². The zero-order chi connectivity index (χ0) is 22.7. The standard InChI is InChI=1S/C23H22N6O3/c1-4-16-20(17-7-5-6-10-24-17)27-23(28-21(16)22(30)31)26-15-8-9-18(19(11-15)32-3)29-12-14(2)25-13-29/h5-13H,4H2,1-3H3,(H,30,31)(H,26,27,28). The van der Waals surface area contributed by atoms with Crippen LogP contribution in [0.2, 0.25) is 0 Å². The van der Waals surface area contributed by atoms with E-state index in [1.54, 1.807) is 37.8 Å². The normalized spacial score (nSPS) is 10.7. The van der Waals surface area contributed by atoms with Crippen LogP contribution in [-0.4, -0.2) is 42.7 Å². The first-order valence-corrected chi connectivity index (χ1v) is 10.0. The fourth-order valence-electron chi connectivity index (χ4n) is 3.42. The van der Waals surface area contributed by atoms with Gasteiger partial charge in [-0.2, -0.15) is 0 Å². The van der Waals surface area contributed by atoms with Crippen molar-refractivity contribution in [2.75, 3.05) is 12.4 Å². The average Bonchev–Trinajstić information content (AvgIpc) is 3.24. The van der Waals surface area contributed by atoms with Crippen LogP contribution in [0, 0.1) is 6.92 Å². The minimum atomic E-state index is -1.12. The molecule has 4 aromatic rings. The number of nitrogens with zero attached hydrogens (tertiary/aromatic N) is 5. The molecule has 0 aliphatic carbocycles. The molecule has 2 N–H and O–H groups in total. The van der Waals surface area contributed by atoms with Gasteiger partial charge in [-0.15, -0.1) is 0 Å². The number of rotatable bonds is 7. The van der Waals surface area contributed by atoms with Crippen molar-refractivity contribution >= 4 is 17.6 Å². The number of aromatic nitrogens is 5. The number of anilines is 2. The lowest BCUT2D eigenvalue weighted by Gasteiger charge is -2.14. The number of ether oxygens (including phenoxy) is 1. The van der Waals surface area contributed by atoms with E-state index in [-0.39, 0.29) is 11.6 Å². The molecule has 0 aliphatic heterocycles. The molecule has 0 saturated carbocycles. The number of imidazole rings is 1. The first-order chi connectivity index (χ1) is 15.5. The van der Waals surface area contributed by atoms with Gasteiger partial charge in [0.15, 0.2) is 5.69 Å². The van der Waals surface area contributed by atoms with Gasteiger partial charge in [0.05, 0.1) is 36.2 Å².